The molecule has 15 heavy (non-hydrogen) atoms. The maximum absolute atomic E-state index is 12.1. The van der Waals surface area contributed by atoms with Crippen molar-refractivity contribution in [1.29, 1.82) is 0 Å². The number of hydrogen-bond donors (Lipinski definition) is 1. The average Bonchev–Trinajstić information content (AvgIpc) is 2.08. The van der Waals surface area contributed by atoms with E-state index in [1.165, 1.54) is 0 Å². The minimum Gasteiger partial charge on any atom is -0.381 e. The van der Waals surface area contributed by atoms with Crippen molar-refractivity contribution in [2.45, 2.75) is 45.6 Å². The third-order valence-corrected chi connectivity index (χ3v) is 4.28. The second-order valence-electron chi connectivity index (χ2n) is 4.91. The lowest BCUT2D eigenvalue weighted by Crippen LogP contribution is -2.58. The summed E-state index contributed by atoms with van der Waals surface area (Å²) in [4.78, 5) is 12.1. The largest absolute Gasteiger partial charge is 0.381 e. The zero-order chi connectivity index (χ0) is 11.3. The Bertz CT molecular complexity index is 368. The van der Waals surface area contributed by atoms with Crippen molar-refractivity contribution in [3.05, 3.63) is 23.3 Å². The van der Waals surface area contributed by atoms with Crippen molar-refractivity contribution in [2.75, 3.05) is 0 Å². The van der Waals surface area contributed by atoms with Gasteiger partial charge >= 0.3 is 0 Å². The summed E-state index contributed by atoms with van der Waals surface area (Å²) in [5.74, 6) is -0.115. The molecule has 0 saturated heterocycles. The number of Topliss-reactive ketones (excluding diaryl/α,β-unsaturated/α-hetero) is 1. The Labute approximate surface area is 90.7 Å². The first-order chi connectivity index (χ1) is 6.95. The van der Waals surface area contributed by atoms with Crippen LogP contribution < -0.4 is 0 Å². The van der Waals surface area contributed by atoms with Crippen molar-refractivity contribution in [3.8, 4) is 0 Å². The van der Waals surface area contributed by atoms with Crippen LogP contribution in [0.5, 0.6) is 0 Å². The van der Waals surface area contributed by atoms with Crippen molar-refractivity contribution in [2.24, 2.45) is 5.41 Å². The molecule has 0 bridgehead atoms. The molecule has 1 spiro atoms. The van der Waals surface area contributed by atoms with E-state index < -0.39 is 5.60 Å². The van der Waals surface area contributed by atoms with E-state index in [-0.39, 0.29) is 11.2 Å². The molecule has 0 radical (unpaired) electrons. The summed E-state index contributed by atoms with van der Waals surface area (Å²) < 4.78 is 0. The van der Waals surface area contributed by atoms with E-state index in [0.717, 1.165) is 24.8 Å². The molecule has 0 aliphatic heterocycles. The second-order valence-corrected chi connectivity index (χ2v) is 4.91. The predicted molar refractivity (Wildman–Crippen MR) is 59.4 cm³/mol. The van der Waals surface area contributed by atoms with Gasteiger partial charge < -0.3 is 5.11 Å². The topological polar surface area (TPSA) is 37.3 Å². The fraction of sp³-hybridized carbons (Fsp3) is 0.615. The Morgan fingerprint density at radius 3 is 2.47 bits per heavy atom. The van der Waals surface area contributed by atoms with Gasteiger partial charge in [0.15, 0.2) is 5.78 Å². The van der Waals surface area contributed by atoms with Crippen molar-refractivity contribution in [1.82, 2.24) is 0 Å². The van der Waals surface area contributed by atoms with Crippen LogP contribution in [0.25, 0.3) is 0 Å². The van der Waals surface area contributed by atoms with Crippen LogP contribution in [0.15, 0.2) is 23.3 Å². The highest BCUT2D eigenvalue weighted by Gasteiger charge is 2.58. The van der Waals surface area contributed by atoms with Gasteiger partial charge in [-0.25, -0.2) is 0 Å². The van der Waals surface area contributed by atoms with Crippen molar-refractivity contribution in [3.63, 3.8) is 0 Å². The molecule has 82 valence electrons. The van der Waals surface area contributed by atoms with Gasteiger partial charge in [-0.15, -0.1) is 0 Å². The monoisotopic (exact) mass is 206 g/mol. The van der Waals surface area contributed by atoms with E-state index in [9.17, 15) is 9.90 Å². The van der Waals surface area contributed by atoms with Crippen LogP contribution in [0.1, 0.15) is 40.0 Å². The minimum absolute atomic E-state index is 0.115. The van der Waals surface area contributed by atoms with E-state index in [0.29, 0.717) is 5.57 Å². The number of rotatable bonds is 0. The molecular formula is C13H18O2. The number of ketones is 1. The van der Waals surface area contributed by atoms with Crippen LogP contribution in [0.3, 0.4) is 0 Å². The highest BCUT2D eigenvalue weighted by molar-refractivity contribution is 6.06. The lowest BCUT2D eigenvalue weighted by molar-refractivity contribution is -0.152. The second kappa shape index (κ2) is 3.05. The summed E-state index contributed by atoms with van der Waals surface area (Å²) >= 11 is 0. The van der Waals surface area contributed by atoms with Gasteiger partial charge in [0, 0.05) is 11.0 Å². The van der Waals surface area contributed by atoms with E-state index in [2.05, 4.69) is 0 Å². The predicted octanol–water partition coefficient (Wildman–Crippen LogP) is 2.38. The molecular weight excluding hydrogens is 188 g/mol. The number of carbonyl (C=O) groups excluding carboxylic acids is 1. The molecule has 2 heteroatoms. The van der Waals surface area contributed by atoms with Crippen LogP contribution in [-0.4, -0.2) is 16.5 Å². The summed E-state index contributed by atoms with van der Waals surface area (Å²) in [5.41, 5.74) is 0.337. The maximum atomic E-state index is 12.1. The Morgan fingerprint density at radius 2 is 2.07 bits per heavy atom. The van der Waals surface area contributed by atoms with Gasteiger partial charge in [-0.1, -0.05) is 24.1 Å². The quantitative estimate of drug-likeness (QED) is 0.618. The molecule has 2 aliphatic carbocycles. The van der Waals surface area contributed by atoms with Crippen LogP contribution >= 0.6 is 0 Å². The van der Waals surface area contributed by atoms with Crippen LogP contribution in [0.2, 0.25) is 0 Å². The summed E-state index contributed by atoms with van der Waals surface area (Å²) in [6.45, 7) is 5.55. The smallest absolute Gasteiger partial charge is 0.194 e. The van der Waals surface area contributed by atoms with E-state index in [4.69, 9.17) is 0 Å². The highest BCUT2D eigenvalue weighted by atomic mass is 16.3. The van der Waals surface area contributed by atoms with Crippen LogP contribution in [-0.2, 0) is 4.79 Å². The Hall–Kier alpha value is -0.890. The number of allylic oxidation sites excluding steroid dienone is 2. The first-order valence-corrected chi connectivity index (χ1v) is 5.58. The SMILES string of the molecule is C/C=C1\C=C(C)C2(CCC2)C(C)(O)C1=O. The van der Waals surface area contributed by atoms with Gasteiger partial charge in [-0.3, -0.25) is 4.79 Å². The van der Waals surface area contributed by atoms with Gasteiger partial charge in [-0.05, 0) is 33.6 Å². The number of hydrogen-bond acceptors (Lipinski definition) is 2. The fourth-order valence-corrected chi connectivity index (χ4v) is 2.95. The standard InChI is InChI=1S/C13H18O2/c1-4-10-8-9(2)13(6-5-7-13)12(3,15)11(10)14/h4,8,15H,5-7H2,1-3H3/b10-4+. The molecule has 1 unspecified atom stereocenters. The van der Waals surface area contributed by atoms with Crippen molar-refractivity contribution >= 4 is 5.78 Å². The van der Waals surface area contributed by atoms with Gasteiger partial charge in [0.05, 0.1) is 0 Å². The average molecular weight is 206 g/mol. The molecule has 1 N–H and O–H groups in total. The molecule has 2 aliphatic rings. The zero-order valence-electron chi connectivity index (χ0n) is 9.63. The molecule has 1 atom stereocenters. The highest BCUT2D eigenvalue weighted by Crippen LogP contribution is 2.57. The number of carbonyl (C=O) groups is 1. The third kappa shape index (κ3) is 1.11. The molecule has 1 saturated carbocycles. The summed E-state index contributed by atoms with van der Waals surface area (Å²) in [5, 5.41) is 10.5. The lowest BCUT2D eigenvalue weighted by Gasteiger charge is -2.54. The first kappa shape index (κ1) is 10.6. The Kier molecular flexibility index (Phi) is 2.16. The molecule has 0 amide bonds. The molecule has 0 aromatic heterocycles. The normalized spacial score (nSPS) is 36.7. The number of aliphatic hydroxyl groups is 1. The summed E-state index contributed by atoms with van der Waals surface area (Å²) in [6, 6.07) is 0. The van der Waals surface area contributed by atoms with Crippen molar-refractivity contribution < 1.29 is 9.90 Å². The molecule has 2 rings (SSSR count). The van der Waals surface area contributed by atoms with Gasteiger partial charge in [0.1, 0.15) is 5.60 Å². The van der Waals surface area contributed by atoms with Gasteiger partial charge in [-0.2, -0.15) is 0 Å². The molecule has 0 heterocycles. The lowest BCUT2D eigenvalue weighted by atomic mass is 9.52. The molecule has 1 fully saturated rings. The minimum atomic E-state index is -1.20. The van der Waals surface area contributed by atoms with E-state index >= 15 is 0 Å². The van der Waals surface area contributed by atoms with Crippen LogP contribution in [0, 0.1) is 5.41 Å². The maximum Gasteiger partial charge on any atom is 0.194 e. The Balaban J connectivity index is 2.56. The van der Waals surface area contributed by atoms with Gasteiger partial charge in [0.25, 0.3) is 0 Å². The van der Waals surface area contributed by atoms with Crippen LogP contribution in [0.4, 0.5) is 0 Å². The molecule has 0 aromatic rings. The zero-order valence-corrected chi connectivity index (χ0v) is 9.63. The summed E-state index contributed by atoms with van der Waals surface area (Å²) in [6.07, 6.45) is 6.71. The molecule has 0 aromatic carbocycles. The summed E-state index contributed by atoms with van der Waals surface area (Å²) in [7, 11) is 0. The van der Waals surface area contributed by atoms with E-state index in [1.807, 2.05) is 19.9 Å². The fourth-order valence-electron chi connectivity index (χ4n) is 2.95. The van der Waals surface area contributed by atoms with Gasteiger partial charge in [0.2, 0.25) is 0 Å². The Morgan fingerprint density at radius 1 is 1.47 bits per heavy atom. The van der Waals surface area contributed by atoms with E-state index in [1.54, 1.807) is 13.0 Å². The third-order valence-electron chi connectivity index (χ3n) is 4.28. The molecule has 2 nitrogen and oxygen atoms in total. The first-order valence-electron chi connectivity index (χ1n) is 5.58.